The van der Waals surface area contributed by atoms with Crippen LogP contribution in [-0.4, -0.2) is 46.9 Å². The normalized spacial score (nSPS) is 12.7. The summed E-state index contributed by atoms with van der Waals surface area (Å²) in [5.41, 5.74) is -2.41. The number of rotatable bonds is 31. The van der Waals surface area contributed by atoms with Gasteiger partial charge >= 0.3 is 17.9 Å². The van der Waals surface area contributed by atoms with Gasteiger partial charge < -0.3 is 19.7 Å². The predicted molar refractivity (Wildman–Crippen MR) is 166 cm³/mol. The molecule has 0 saturated heterocycles. The lowest BCUT2D eigenvalue weighted by atomic mass is 9.95. The predicted octanol–water partition coefficient (Wildman–Crippen LogP) is 9.07. The maximum Gasteiger partial charge on any atom is 0.339 e. The summed E-state index contributed by atoms with van der Waals surface area (Å²) in [5, 5.41) is 19.8. The molecule has 0 bridgehead atoms. The van der Waals surface area contributed by atoms with Crippen molar-refractivity contribution in [1.29, 1.82) is 0 Å². The highest BCUT2D eigenvalue weighted by atomic mass is 16.6. The molecule has 0 amide bonds. The summed E-state index contributed by atoms with van der Waals surface area (Å²) in [4.78, 5) is 36.0. The first-order valence-electron chi connectivity index (χ1n) is 17.1. The number of carboxylic acid groups (broad SMARTS) is 1. The van der Waals surface area contributed by atoms with Gasteiger partial charge in [0.1, 0.15) is 0 Å². The number of carboxylic acids is 1. The molecule has 0 aromatic rings. The van der Waals surface area contributed by atoms with Crippen LogP contribution in [0, 0.1) is 0 Å². The van der Waals surface area contributed by atoms with Gasteiger partial charge in [-0.25, -0.2) is 4.79 Å². The van der Waals surface area contributed by atoms with Gasteiger partial charge in [0.15, 0.2) is 5.60 Å². The number of hydrogen-bond donors (Lipinski definition) is 2. The molecule has 0 spiro atoms. The molecular weight excluding hydrogens is 520 g/mol. The Morgan fingerprint density at radius 3 is 1.15 bits per heavy atom. The maximum absolute atomic E-state index is 12.5. The van der Waals surface area contributed by atoms with E-state index in [1.807, 2.05) is 0 Å². The van der Waals surface area contributed by atoms with Crippen molar-refractivity contribution in [3.63, 3.8) is 0 Å². The van der Waals surface area contributed by atoms with Crippen molar-refractivity contribution in [3.8, 4) is 0 Å². The van der Waals surface area contributed by atoms with E-state index in [0.717, 1.165) is 32.1 Å². The molecule has 0 aliphatic rings. The van der Waals surface area contributed by atoms with Gasteiger partial charge in [-0.1, -0.05) is 155 Å². The van der Waals surface area contributed by atoms with Crippen LogP contribution in [0.5, 0.6) is 0 Å². The number of hydrogen-bond acceptors (Lipinski definition) is 6. The molecule has 0 fully saturated rings. The van der Waals surface area contributed by atoms with E-state index >= 15 is 0 Å². The Hall–Kier alpha value is -1.63. The SMILES string of the molecule is CCCCCCCCCCCCCCOC(=O)C[C@](O)(CC(=O)O)C(=O)OCCCCCCCCCCCCCC. The van der Waals surface area contributed by atoms with E-state index in [-0.39, 0.29) is 13.2 Å². The van der Waals surface area contributed by atoms with E-state index in [4.69, 9.17) is 9.47 Å². The van der Waals surface area contributed by atoms with Crippen molar-refractivity contribution in [2.75, 3.05) is 13.2 Å². The van der Waals surface area contributed by atoms with Gasteiger partial charge in [0.2, 0.25) is 0 Å². The number of aliphatic hydroxyl groups is 1. The van der Waals surface area contributed by atoms with Crippen LogP contribution in [0.15, 0.2) is 0 Å². The summed E-state index contributed by atoms with van der Waals surface area (Å²) in [6.07, 6.45) is 26.9. The van der Waals surface area contributed by atoms with E-state index in [1.54, 1.807) is 0 Å². The zero-order valence-corrected chi connectivity index (χ0v) is 26.7. The van der Waals surface area contributed by atoms with Crippen molar-refractivity contribution in [1.82, 2.24) is 0 Å². The van der Waals surface area contributed by atoms with Crippen LogP contribution in [0.1, 0.15) is 181 Å². The van der Waals surface area contributed by atoms with Crippen LogP contribution in [0.2, 0.25) is 0 Å². The van der Waals surface area contributed by atoms with E-state index in [0.29, 0.717) is 12.8 Å². The first kappa shape index (κ1) is 39.4. The van der Waals surface area contributed by atoms with Crippen LogP contribution in [0.4, 0.5) is 0 Å². The topological polar surface area (TPSA) is 110 Å². The third-order valence-corrected chi connectivity index (χ3v) is 7.75. The number of aliphatic carboxylic acids is 1. The molecule has 0 rings (SSSR count). The largest absolute Gasteiger partial charge is 0.481 e. The molecule has 0 saturated carbocycles. The van der Waals surface area contributed by atoms with E-state index in [2.05, 4.69) is 13.8 Å². The molecule has 0 radical (unpaired) electrons. The summed E-state index contributed by atoms with van der Waals surface area (Å²) in [5.74, 6) is -3.21. The van der Waals surface area contributed by atoms with Crippen LogP contribution >= 0.6 is 0 Å². The highest BCUT2D eigenvalue weighted by molar-refractivity contribution is 5.89. The van der Waals surface area contributed by atoms with Crippen LogP contribution in [0.3, 0.4) is 0 Å². The quantitative estimate of drug-likeness (QED) is 0.0617. The van der Waals surface area contributed by atoms with E-state index in [9.17, 15) is 24.6 Å². The highest BCUT2D eigenvalue weighted by Crippen LogP contribution is 2.20. The Bertz CT molecular complexity index is 637. The summed E-state index contributed by atoms with van der Waals surface area (Å²) in [6, 6.07) is 0. The number of carbonyl (C=O) groups excluding carboxylic acids is 2. The molecule has 0 aliphatic carbocycles. The maximum atomic E-state index is 12.5. The third kappa shape index (κ3) is 25.8. The average molecular weight is 585 g/mol. The Labute approximate surface area is 251 Å². The Balaban J connectivity index is 3.95. The lowest BCUT2D eigenvalue weighted by Crippen LogP contribution is -2.44. The van der Waals surface area contributed by atoms with Gasteiger partial charge in [-0.3, -0.25) is 9.59 Å². The first-order valence-corrected chi connectivity index (χ1v) is 17.1. The van der Waals surface area contributed by atoms with Gasteiger partial charge in [0.05, 0.1) is 26.1 Å². The fourth-order valence-corrected chi connectivity index (χ4v) is 5.12. The van der Waals surface area contributed by atoms with E-state index < -0.39 is 36.4 Å². The molecule has 2 N–H and O–H groups in total. The molecule has 1 atom stereocenters. The van der Waals surface area contributed by atoms with Crippen molar-refractivity contribution in [2.45, 2.75) is 186 Å². The Morgan fingerprint density at radius 1 is 0.488 bits per heavy atom. The van der Waals surface area contributed by atoms with Gasteiger partial charge in [-0.2, -0.15) is 0 Å². The second-order valence-electron chi connectivity index (χ2n) is 11.9. The molecule has 0 heterocycles. The zero-order valence-electron chi connectivity index (χ0n) is 26.7. The molecule has 41 heavy (non-hydrogen) atoms. The van der Waals surface area contributed by atoms with Gasteiger partial charge in [-0.05, 0) is 12.8 Å². The summed E-state index contributed by atoms with van der Waals surface area (Å²) >= 11 is 0. The summed E-state index contributed by atoms with van der Waals surface area (Å²) in [7, 11) is 0. The average Bonchev–Trinajstić information content (AvgIpc) is 2.93. The van der Waals surface area contributed by atoms with E-state index in [1.165, 1.54) is 109 Å². The lowest BCUT2D eigenvalue weighted by Gasteiger charge is -2.23. The van der Waals surface area contributed by atoms with Crippen LogP contribution < -0.4 is 0 Å². The number of unbranched alkanes of at least 4 members (excludes halogenated alkanes) is 22. The molecule has 242 valence electrons. The van der Waals surface area contributed by atoms with Crippen molar-refractivity contribution in [3.05, 3.63) is 0 Å². The lowest BCUT2D eigenvalue weighted by molar-refractivity contribution is -0.176. The Kier molecular flexibility index (Phi) is 27.4. The second-order valence-corrected chi connectivity index (χ2v) is 11.9. The monoisotopic (exact) mass is 584 g/mol. The first-order chi connectivity index (χ1) is 19.9. The molecule has 0 aromatic carbocycles. The minimum Gasteiger partial charge on any atom is -0.481 e. The number of esters is 2. The fourth-order valence-electron chi connectivity index (χ4n) is 5.12. The fraction of sp³-hybridized carbons (Fsp3) is 0.912. The summed E-state index contributed by atoms with van der Waals surface area (Å²) < 4.78 is 10.3. The zero-order chi connectivity index (χ0) is 30.4. The summed E-state index contributed by atoms with van der Waals surface area (Å²) in [6.45, 7) is 4.77. The molecular formula is C34H64O7. The van der Waals surface area contributed by atoms with Crippen molar-refractivity contribution < 1.29 is 34.1 Å². The smallest absolute Gasteiger partial charge is 0.339 e. The highest BCUT2D eigenvalue weighted by Gasteiger charge is 2.42. The van der Waals surface area contributed by atoms with Crippen LogP contribution in [0.25, 0.3) is 0 Å². The molecule has 0 aromatic heterocycles. The molecule has 0 unspecified atom stereocenters. The molecule has 7 heteroatoms. The number of ether oxygens (including phenoxy) is 2. The standard InChI is InChI=1S/C34H64O7/c1-3-5-7-9-11-13-15-17-19-21-23-25-27-40-32(37)30-34(39,29-31(35)36)33(38)41-28-26-24-22-20-18-16-14-12-10-8-6-4-2/h39H,3-30H2,1-2H3,(H,35,36)/t34-/m1/s1. The van der Waals surface area contributed by atoms with Crippen LogP contribution in [-0.2, 0) is 23.9 Å². The minimum absolute atomic E-state index is 0.103. The van der Waals surface area contributed by atoms with Crippen molar-refractivity contribution in [2.24, 2.45) is 0 Å². The number of carbonyl (C=O) groups is 3. The minimum atomic E-state index is -2.41. The van der Waals surface area contributed by atoms with Gasteiger partial charge in [0.25, 0.3) is 0 Å². The molecule has 7 nitrogen and oxygen atoms in total. The Morgan fingerprint density at radius 2 is 0.805 bits per heavy atom. The van der Waals surface area contributed by atoms with Crippen molar-refractivity contribution >= 4 is 17.9 Å². The molecule has 0 aliphatic heterocycles. The van der Waals surface area contributed by atoms with Gasteiger partial charge in [0, 0.05) is 0 Å². The van der Waals surface area contributed by atoms with Gasteiger partial charge in [-0.15, -0.1) is 0 Å². The third-order valence-electron chi connectivity index (χ3n) is 7.75. The second kappa shape index (κ2) is 28.5.